The topological polar surface area (TPSA) is 63.7 Å². The first kappa shape index (κ1) is 19.9. The van der Waals surface area contributed by atoms with E-state index in [2.05, 4.69) is 0 Å². The van der Waals surface area contributed by atoms with E-state index in [1.54, 1.807) is 51.1 Å². The Morgan fingerprint density at radius 1 is 0.964 bits per heavy atom. The van der Waals surface area contributed by atoms with Crippen LogP contribution in [0.5, 0.6) is 0 Å². The highest BCUT2D eigenvalue weighted by Gasteiger charge is 2.25. The molecule has 0 aromatic heterocycles. The van der Waals surface area contributed by atoms with Gasteiger partial charge in [0.15, 0.2) is 0 Å². The molecule has 3 rings (SSSR count). The first-order valence-electron chi connectivity index (χ1n) is 9.17. The molecule has 0 N–H and O–H groups in total. The maximum Gasteiger partial charge on any atom is 0.338 e. The zero-order valence-electron chi connectivity index (χ0n) is 16.2. The van der Waals surface area contributed by atoms with Crippen molar-refractivity contribution in [1.29, 1.82) is 0 Å². The first-order chi connectivity index (χ1) is 13.4. The summed E-state index contributed by atoms with van der Waals surface area (Å²) in [4.78, 5) is 12.2. The Labute approximate surface area is 165 Å². The van der Waals surface area contributed by atoms with E-state index in [9.17, 15) is 13.2 Å². The zero-order valence-corrected chi connectivity index (χ0v) is 17.0. The highest BCUT2D eigenvalue weighted by molar-refractivity contribution is 7.92. The van der Waals surface area contributed by atoms with Crippen LogP contribution in [-0.4, -0.2) is 27.5 Å². The molecule has 0 aliphatic heterocycles. The van der Waals surface area contributed by atoms with E-state index in [-0.39, 0.29) is 18.0 Å². The van der Waals surface area contributed by atoms with Gasteiger partial charge >= 0.3 is 5.97 Å². The van der Waals surface area contributed by atoms with Gasteiger partial charge in [0, 0.05) is 6.54 Å². The Balaban J connectivity index is 2.02. The molecule has 0 heterocycles. The summed E-state index contributed by atoms with van der Waals surface area (Å²) < 4.78 is 33.0. The molecule has 3 aromatic carbocycles. The number of sulfonamides is 1. The van der Waals surface area contributed by atoms with Crippen LogP contribution in [0.25, 0.3) is 10.8 Å². The van der Waals surface area contributed by atoms with E-state index < -0.39 is 16.0 Å². The summed E-state index contributed by atoms with van der Waals surface area (Å²) in [5.74, 6) is -0.419. The van der Waals surface area contributed by atoms with Gasteiger partial charge in [-0.2, -0.15) is 0 Å². The molecular weight excluding hydrogens is 374 g/mol. The number of aryl methyl sites for hydroxylation is 1. The summed E-state index contributed by atoms with van der Waals surface area (Å²) in [5, 5.41) is 1.86. The molecule has 0 unspecified atom stereocenters. The van der Waals surface area contributed by atoms with Crippen LogP contribution in [0, 0.1) is 6.92 Å². The predicted octanol–water partition coefficient (Wildman–Crippen LogP) is 4.54. The quantitative estimate of drug-likeness (QED) is 0.573. The van der Waals surface area contributed by atoms with Gasteiger partial charge in [0.2, 0.25) is 0 Å². The van der Waals surface area contributed by atoms with E-state index in [0.717, 1.165) is 10.8 Å². The Bertz CT molecular complexity index is 1120. The second-order valence-electron chi connectivity index (χ2n) is 6.40. The van der Waals surface area contributed by atoms with Gasteiger partial charge in [-0.05, 0) is 67.4 Å². The average Bonchev–Trinajstić information content (AvgIpc) is 2.69. The lowest BCUT2D eigenvalue weighted by atomic mass is 10.1. The summed E-state index contributed by atoms with van der Waals surface area (Å²) in [5.41, 5.74) is 1.64. The third-order valence-electron chi connectivity index (χ3n) is 4.57. The van der Waals surface area contributed by atoms with Crippen LogP contribution >= 0.6 is 0 Å². The predicted molar refractivity (Wildman–Crippen MR) is 111 cm³/mol. The second-order valence-corrected chi connectivity index (χ2v) is 8.26. The van der Waals surface area contributed by atoms with Crippen molar-refractivity contribution < 1.29 is 17.9 Å². The molecule has 0 saturated carbocycles. The minimum atomic E-state index is -3.74. The van der Waals surface area contributed by atoms with E-state index in [4.69, 9.17) is 4.74 Å². The minimum Gasteiger partial charge on any atom is -0.462 e. The van der Waals surface area contributed by atoms with Crippen LogP contribution in [0.4, 0.5) is 5.69 Å². The molecule has 0 radical (unpaired) electrons. The number of benzene rings is 3. The van der Waals surface area contributed by atoms with Crippen molar-refractivity contribution in [2.24, 2.45) is 0 Å². The number of carbonyl (C=O) groups is 1. The molecule has 0 bridgehead atoms. The third-order valence-corrected chi connectivity index (χ3v) is 6.46. The van der Waals surface area contributed by atoms with Crippen molar-refractivity contribution in [3.05, 3.63) is 71.8 Å². The summed E-state index contributed by atoms with van der Waals surface area (Å²) in [7, 11) is -3.74. The SMILES string of the molecule is CCOC(=O)c1ccc(N(CC)S(=O)(=O)c2ccc3ccccc3c2)c(C)c1. The lowest BCUT2D eigenvalue weighted by molar-refractivity contribution is 0.0526. The average molecular weight is 397 g/mol. The monoisotopic (exact) mass is 397 g/mol. The highest BCUT2D eigenvalue weighted by Crippen LogP contribution is 2.29. The summed E-state index contributed by atoms with van der Waals surface area (Å²) in [6.45, 7) is 5.88. The lowest BCUT2D eigenvalue weighted by Crippen LogP contribution is -2.31. The molecule has 0 spiro atoms. The number of fused-ring (bicyclic) bond motifs is 1. The molecule has 0 fully saturated rings. The maximum atomic E-state index is 13.3. The zero-order chi connectivity index (χ0) is 20.3. The van der Waals surface area contributed by atoms with Crippen molar-refractivity contribution in [3.8, 4) is 0 Å². The fourth-order valence-corrected chi connectivity index (χ4v) is 4.78. The van der Waals surface area contributed by atoms with Crippen molar-refractivity contribution in [3.63, 3.8) is 0 Å². The Morgan fingerprint density at radius 2 is 1.68 bits per heavy atom. The second kappa shape index (κ2) is 8.02. The first-order valence-corrected chi connectivity index (χ1v) is 10.6. The highest BCUT2D eigenvalue weighted by atomic mass is 32.2. The molecule has 146 valence electrons. The molecule has 0 aliphatic carbocycles. The van der Waals surface area contributed by atoms with Crippen molar-refractivity contribution in [2.75, 3.05) is 17.5 Å². The van der Waals surface area contributed by atoms with Crippen molar-refractivity contribution in [2.45, 2.75) is 25.7 Å². The molecule has 3 aromatic rings. The van der Waals surface area contributed by atoms with Crippen molar-refractivity contribution >= 4 is 32.5 Å². The smallest absolute Gasteiger partial charge is 0.338 e. The number of esters is 1. The van der Waals surface area contributed by atoms with E-state index in [1.807, 2.05) is 30.3 Å². The van der Waals surface area contributed by atoms with Crippen LogP contribution in [0.15, 0.2) is 65.6 Å². The molecule has 0 amide bonds. The van der Waals surface area contributed by atoms with Gasteiger partial charge in [-0.3, -0.25) is 4.31 Å². The summed E-state index contributed by atoms with van der Waals surface area (Å²) in [6.07, 6.45) is 0. The van der Waals surface area contributed by atoms with E-state index >= 15 is 0 Å². The fraction of sp³-hybridized carbons (Fsp3) is 0.227. The molecule has 28 heavy (non-hydrogen) atoms. The summed E-state index contributed by atoms with van der Waals surface area (Å²) >= 11 is 0. The largest absolute Gasteiger partial charge is 0.462 e. The summed E-state index contributed by atoms with van der Waals surface area (Å²) in [6, 6.07) is 17.7. The number of hydrogen-bond acceptors (Lipinski definition) is 4. The number of carbonyl (C=O) groups excluding carboxylic acids is 1. The fourth-order valence-electron chi connectivity index (χ4n) is 3.20. The number of anilines is 1. The lowest BCUT2D eigenvalue weighted by Gasteiger charge is -2.25. The Morgan fingerprint density at radius 3 is 2.32 bits per heavy atom. The van der Waals surface area contributed by atoms with Gasteiger partial charge in [-0.1, -0.05) is 30.3 Å². The van der Waals surface area contributed by atoms with E-state index in [1.165, 1.54) is 4.31 Å². The van der Waals surface area contributed by atoms with Crippen LogP contribution in [0.1, 0.15) is 29.8 Å². The van der Waals surface area contributed by atoms with Gasteiger partial charge < -0.3 is 4.74 Å². The Kier molecular flexibility index (Phi) is 5.70. The molecule has 0 aliphatic rings. The van der Waals surface area contributed by atoms with Crippen LogP contribution < -0.4 is 4.31 Å². The normalized spacial score (nSPS) is 11.4. The molecular formula is C22H23NO4S. The molecule has 0 saturated heterocycles. The number of nitrogens with zero attached hydrogens (tertiary/aromatic N) is 1. The van der Waals surface area contributed by atoms with Gasteiger partial charge in [0.05, 0.1) is 22.8 Å². The molecule has 6 heteroatoms. The van der Waals surface area contributed by atoms with Gasteiger partial charge in [0.25, 0.3) is 10.0 Å². The maximum absolute atomic E-state index is 13.3. The van der Waals surface area contributed by atoms with Crippen LogP contribution in [0.2, 0.25) is 0 Å². The van der Waals surface area contributed by atoms with Crippen LogP contribution in [-0.2, 0) is 14.8 Å². The Hall–Kier alpha value is -2.86. The minimum absolute atomic E-state index is 0.238. The van der Waals surface area contributed by atoms with Crippen LogP contribution in [0.3, 0.4) is 0 Å². The van der Waals surface area contributed by atoms with Gasteiger partial charge in [-0.25, -0.2) is 13.2 Å². The molecule has 0 atom stereocenters. The third kappa shape index (κ3) is 3.73. The number of rotatable bonds is 6. The number of ether oxygens (including phenoxy) is 1. The van der Waals surface area contributed by atoms with Crippen molar-refractivity contribution in [1.82, 2.24) is 0 Å². The number of hydrogen-bond donors (Lipinski definition) is 0. The standard InChI is InChI=1S/C22H23NO4S/c1-4-23(21-13-11-19(14-16(21)3)22(24)27-5-2)28(25,26)20-12-10-17-8-6-7-9-18(17)15-20/h6-15H,4-5H2,1-3H3. The van der Waals surface area contributed by atoms with E-state index in [0.29, 0.717) is 16.8 Å². The molecule has 5 nitrogen and oxygen atoms in total. The van der Waals surface area contributed by atoms with Gasteiger partial charge in [-0.15, -0.1) is 0 Å². The van der Waals surface area contributed by atoms with Gasteiger partial charge in [0.1, 0.15) is 0 Å².